The van der Waals surface area contributed by atoms with Crippen LogP contribution in [-0.4, -0.2) is 10.9 Å². The van der Waals surface area contributed by atoms with Gasteiger partial charge < -0.3 is 14.8 Å². The van der Waals surface area contributed by atoms with Gasteiger partial charge in [-0.05, 0) is 51.5 Å². The van der Waals surface area contributed by atoms with Crippen molar-refractivity contribution in [3.8, 4) is 5.75 Å². The molecular weight excluding hydrogens is 497 g/mol. The van der Waals surface area contributed by atoms with E-state index < -0.39 is 34.2 Å². The Morgan fingerprint density at radius 3 is 2.47 bits per heavy atom. The first-order valence-corrected chi connectivity index (χ1v) is 11.8. The van der Waals surface area contributed by atoms with Crippen LogP contribution in [0.1, 0.15) is 50.5 Å². The van der Waals surface area contributed by atoms with E-state index in [1.54, 1.807) is 32.2 Å². The van der Waals surface area contributed by atoms with E-state index in [0.29, 0.717) is 16.3 Å². The summed E-state index contributed by atoms with van der Waals surface area (Å²) >= 11 is 1.17. The number of alkyl halides is 3. The lowest BCUT2D eigenvalue weighted by molar-refractivity contribution is -0.383. The van der Waals surface area contributed by atoms with E-state index in [4.69, 9.17) is 9.47 Å². The van der Waals surface area contributed by atoms with Crippen LogP contribution in [0.4, 0.5) is 29.5 Å². The maximum atomic E-state index is 13.3. The SMILES string of the molecule is C[C@@H](Oc1csc(Nc2cc(COC(=O)C(C)(C)C)ccc2[N+](=O)[O-])c1)c1ccccc1C(F)(F)F. The summed E-state index contributed by atoms with van der Waals surface area (Å²) in [6, 6.07) is 11.1. The first-order chi connectivity index (χ1) is 16.8. The number of anilines is 2. The molecule has 36 heavy (non-hydrogen) atoms. The number of benzene rings is 2. The Hall–Kier alpha value is -3.60. The lowest BCUT2D eigenvalue weighted by Gasteiger charge is -2.19. The quantitative estimate of drug-likeness (QED) is 0.186. The van der Waals surface area contributed by atoms with E-state index >= 15 is 0 Å². The molecular formula is C25H25F3N2O5S. The van der Waals surface area contributed by atoms with Crippen LogP contribution >= 0.6 is 11.3 Å². The van der Waals surface area contributed by atoms with Crippen molar-refractivity contribution in [2.75, 3.05) is 5.32 Å². The fraction of sp³-hybridized carbons (Fsp3) is 0.320. The number of nitrogens with zero attached hydrogens (tertiary/aromatic N) is 1. The predicted octanol–water partition coefficient (Wildman–Crippen LogP) is 7.65. The average Bonchev–Trinajstić information content (AvgIpc) is 3.22. The normalized spacial score (nSPS) is 12.6. The van der Waals surface area contributed by atoms with Crippen LogP contribution in [-0.2, 0) is 22.3 Å². The minimum Gasteiger partial charge on any atom is -0.485 e. The minimum absolute atomic E-state index is 0.00106. The van der Waals surface area contributed by atoms with Crippen LogP contribution in [0.15, 0.2) is 53.9 Å². The number of nitrogens with one attached hydrogen (secondary N) is 1. The minimum atomic E-state index is -4.51. The van der Waals surface area contributed by atoms with Crippen molar-refractivity contribution in [3.05, 3.63) is 80.7 Å². The first-order valence-electron chi connectivity index (χ1n) is 10.9. The maximum absolute atomic E-state index is 13.3. The summed E-state index contributed by atoms with van der Waals surface area (Å²) in [5, 5.41) is 16.5. The third kappa shape index (κ3) is 6.75. The number of nitro groups is 1. The molecule has 7 nitrogen and oxygen atoms in total. The molecule has 3 rings (SSSR count). The fourth-order valence-corrected chi connectivity index (χ4v) is 3.97. The maximum Gasteiger partial charge on any atom is 0.416 e. The number of rotatable bonds is 8. The molecule has 1 aromatic heterocycles. The molecule has 0 aliphatic heterocycles. The number of ether oxygens (including phenoxy) is 2. The van der Waals surface area contributed by atoms with Crippen LogP contribution in [0.2, 0.25) is 0 Å². The van der Waals surface area contributed by atoms with Crippen molar-refractivity contribution < 1.29 is 32.4 Å². The number of carbonyl (C=O) groups excluding carboxylic acids is 1. The topological polar surface area (TPSA) is 90.7 Å². The number of hydrogen-bond acceptors (Lipinski definition) is 7. The molecule has 0 amide bonds. The molecule has 1 N–H and O–H groups in total. The van der Waals surface area contributed by atoms with Crippen molar-refractivity contribution in [1.29, 1.82) is 0 Å². The second-order valence-electron chi connectivity index (χ2n) is 9.05. The van der Waals surface area contributed by atoms with Gasteiger partial charge in [-0.25, -0.2) is 0 Å². The fourth-order valence-electron chi connectivity index (χ4n) is 3.25. The molecule has 3 aromatic rings. The third-order valence-electron chi connectivity index (χ3n) is 5.09. The molecule has 2 aromatic carbocycles. The highest BCUT2D eigenvalue weighted by Crippen LogP contribution is 2.38. The zero-order chi connectivity index (χ0) is 26.7. The highest BCUT2D eigenvalue weighted by molar-refractivity contribution is 7.14. The number of esters is 1. The molecule has 0 aliphatic carbocycles. The lowest BCUT2D eigenvalue weighted by Crippen LogP contribution is -2.22. The van der Waals surface area contributed by atoms with E-state index in [1.807, 2.05) is 0 Å². The summed E-state index contributed by atoms with van der Waals surface area (Å²) in [5.74, 6) is -0.0958. The van der Waals surface area contributed by atoms with Gasteiger partial charge in [0.2, 0.25) is 0 Å². The van der Waals surface area contributed by atoms with Gasteiger partial charge in [-0.3, -0.25) is 14.9 Å². The second kappa shape index (κ2) is 10.6. The molecule has 0 saturated heterocycles. The molecule has 11 heteroatoms. The Kier molecular flexibility index (Phi) is 7.92. The van der Waals surface area contributed by atoms with E-state index in [-0.39, 0.29) is 23.5 Å². The van der Waals surface area contributed by atoms with Gasteiger partial charge in [0.05, 0.1) is 20.9 Å². The second-order valence-corrected chi connectivity index (χ2v) is 9.96. The summed E-state index contributed by atoms with van der Waals surface area (Å²) < 4.78 is 51.0. The summed E-state index contributed by atoms with van der Waals surface area (Å²) in [6.07, 6.45) is -5.40. The van der Waals surface area contributed by atoms with Gasteiger partial charge in [0, 0.05) is 23.1 Å². The molecule has 0 saturated carbocycles. The smallest absolute Gasteiger partial charge is 0.416 e. The van der Waals surface area contributed by atoms with Gasteiger partial charge >= 0.3 is 12.1 Å². The van der Waals surface area contributed by atoms with E-state index in [0.717, 1.165) is 6.07 Å². The monoisotopic (exact) mass is 522 g/mol. The summed E-state index contributed by atoms with van der Waals surface area (Å²) in [6.45, 7) is 6.62. The Morgan fingerprint density at radius 1 is 1.14 bits per heavy atom. The van der Waals surface area contributed by atoms with Crippen molar-refractivity contribution in [2.45, 2.75) is 46.6 Å². The van der Waals surface area contributed by atoms with Crippen LogP contribution in [0.25, 0.3) is 0 Å². The van der Waals surface area contributed by atoms with Crippen LogP contribution in [0.5, 0.6) is 5.75 Å². The summed E-state index contributed by atoms with van der Waals surface area (Å²) in [5.41, 5.74) is -0.930. The van der Waals surface area contributed by atoms with Gasteiger partial charge in [-0.15, -0.1) is 11.3 Å². The molecule has 0 bridgehead atoms. The summed E-state index contributed by atoms with van der Waals surface area (Å²) in [7, 11) is 0. The highest BCUT2D eigenvalue weighted by atomic mass is 32.1. The average molecular weight is 523 g/mol. The largest absolute Gasteiger partial charge is 0.485 e. The number of nitro benzene ring substituents is 1. The molecule has 1 heterocycles. The van der Waals surface area contributed by atoms with Gasteiger partial charge in [-0.2, -0.15) is 13.2 Å². The Labute approximate surface area is 210 Å². The highest BCUT2D eigenvalue weighted by Gasteiger charge is 2.34. The van der Waals surface area contributed by atoms with Crippen LogP contribution in [0.3, 0.4) is 0 Å². The van der Waals surface area contributed by atoms with Crippen molar-refractivity contribution in [1.82, 2.24) is 0 Å². The van der Waals surface area contributed by atoms with E-state index in [2.05, 4.69) is 5.32 Å². The molecule has 1 atom stereocenters. The Morgan fingerprint density at radius 2 is 1.83 bits per heavy atom. The summed E-state index contributed by atoms with van der Waals surface area (Å²) in [4.78, 5) is 23.0. The molecule has 192 valence electrons. The number of thiophene rings is 1. The van der Waals surface area contributed by atoms with Gasteiger partial charge in [0.15, 0.2) is 0 Å². The first kappa shape index (κ1) is 27.0. The number of hydrogen-bond donors (Lipinski definition) is 1. The van der Waals surface area contributed by atoms with Gasteiger partial charge in [0.1, 0.15) is 24.1 Å². The molecule has 0 aliphatic rings. The standard InChI is InChI=1S/C25H25F3N2O5S/c1-15(18-7-5-6-8-19(18)25(26,27)28)35-17-12-22(36-14-17)29-20-11-16(9-10-21(20)30(32)33)13-34-23(31)24(2,3)4/h5-12,14-15,29H,13H2,1-4H3/t15-/m1/s1. The predicted molar refractivity (Wildman–Crippen MR) is 130 cm³/mol. The zero-order valence-electron chi connectivity index (χ0n) is 20.0. The Balaban J connectivity index is 1.76. The van der Waals surface area contributed by atoms with Crippen molar-refractivity contribution in [3.63, 3.8) is 0 Å². The molecule has 0 spiro atoms. The van der Waals surface area contributed by atoms with Gasteiger partial charge in [0.25, 0.3) is 5.69 Å². The molecule has 0 radical (unpaired) electrons. The number of carbonyl (C=O) groups is 1. The lowest BCUT2D eigenvalue weighted by atomic mass is 9.97. The van der Waals surface area contributed by atoms with Crippen molar-refractivity contribution in [2.24, 2.45) is 5.41 Å². The third-order valence-corrected chi connectivity index (χ3v) is 5.91. The Bertz CT molecular complexity index is 1250. The molecule has 0 unspecified atom stereocenters. The van der Waals surface area contributed by atoms with Crippen LogP contribution in [0, 0.1) is 15.5 Å². The van der Waals surface area contributed by atoms with E-state index in [9.17, 15) is 28.1 Å². The van der Waals surface area contributed by atoms with Crippen LogP contribution < -0.4 is 10.1 Å². The van der Waals surface area contributed by atoms with Gasteiger partial charge in [-0.1, -0.05) is 18.2 Å². The van der Waals surface area contributed by atoms with Crippen molar-refractivity contribution >= 4 is 33.7 Å². The zero-order valence-corrected chi connectivity index (χ0v) is 20.8. The van der Waals surface area contributed by atoms with E-state index in [1.165, 1.54) is 54.7 Å². The molecule has 0 fully saturated rings. The number of halogens is 3.